The third kappa shape index (κ3) is 4.08. The van der Waals surface area contributed by atoms with Gasteiger partial charge in [0.05, 0.1) is 0 Å². The monoisotopic (exact) mass is 405 g/mol. The number of aryl methyl sites for hydroxylation is 1. The van der Waals surface area contributed by atoms with Crippen LogP contribution in [0.4, 0.5) is 5.69 Å². The van der Waals surface area contributed by atoms with Crippen molar-refractivity contribution < 1.29 is 14.7 Å². The lowest BCUT2D eigenvalue weighted by molar-refractivity contribution is -0.133. The van der Waals surface area contributed by atoms with E-state index in [0.717, 1.165) is 49.8 Å². The van der Waals surface area contributed by atoms with Gasteiger partial charge in [0.25, 0.3) is 5.91 Å². The first kappa shape index (κ1) is 20.1. The fraction of sp³-hybridized carbons (Fsp3) is 0.375. The van der Waals surface area contributed by atoms with Crippen molar-refractivity contribution in [3.63, 3.8) is 0 Å². The van der Waals surface area contributed by atoms with Gasteiger partial charge in [0, 0.05) is 11.3 Å². The molecule has 2 aromatic rings. The summed E-state index contributed by atoms with van der Waals surface area (Å²) < 4.78 is 0. The van der Waals surface area contributed by atoms with E-state index in [0.29, 0.717) is 11.3 Å². The van der Waals surface area contributed by atoms with E-state index < -0.39 is 5.66 Å². The number of nitrogens with zero attached hydrogens (tertiary/aromatic N) is 2. The molecule has 2 amide bonds. The minimum atomic E-state index is -0.662. The maximum atomic E-state index is 13.4. The summed E-state index contributed by atoms with van der Waals surface area (Å²) >= 11 is 0. The molecule has 1 spiro atoms. The number of aliphatic imine (C=N–C) groups is 1. The Morgan fingerprint density at radius 2 is 1.80 bits per heavy atom. The molecule has 2 aromatic carbocycles. The highest BCUT2D eigenvalue weighted by Crippen LogP contribution is 2.38. The SMILES string of the molecule is Cc1cccc(NC(=O)CN2C(=O)C(c3ccc(O)cc3)=NC23CCCCCC3)c1. The standard InChI is InChI=1S/C24H27N3O3/c1-17-7-6-8-19(15-17)25-21(29)16-27-23(30)22(18-9-11-20(28)12-10-18)26-24(27)13-4-2-3-5-14-24/h6-12,15,28H,2-5,13-14,16H2,1H3,(H,25,29). The average Bonchev–Trinajstić information content (AvgIpc) is 2.87. The number of carbonyl (C=O) groups excluding carboxylic acids is 2. The molecule has 0 unspecified atom stereocenters. The van der Waals surface area contributed by atoms with Crippen molar-refractivity contribution in [2.75, 3.05) is 11.9 Å². The van der Waals surface area contributed by atoms with Crippen LogP contribution in [0.2, 0.25) is 0 Å². The predicted molar refractivity (Wildman–Crippen MR) is 117 cm³/mol. The molecule has 6 nitrogen and oxygen atoms in total. The molecule has 1 saturated carbocycles. The van der Waals surface area contributed by atoms with E-state index in [1.54, 1.807) is 29.2 Å². The number of phenols is 1. The molecular weight excluding hydrogens is 378 g/mol. The number of hydrogen-bond acceptors (Lipinski definition) is 4. The lowest BCUT2D eigenvalue weighted by atomic mass is 10.00. The zero-order chi connectivity index (χ0) is 21.1. The number of aromatic hydroxyl groups is 1. The Hall–Kier alpha value is -3.15. The Labute approximate surface area is 176 Å². The van der Waals surface area contributed by atoms with Crippen LogP contribution in [0.1, 0.15) is 49.7 Å². The van der Waals surface area contributed by atoms with E-state index in [2.05, 4.69) is 5.32 Å². The minimum Gasteiger partial charge on any atom is -0.508 e. The molecule has 0 atom stereocenters. The third-order valence-electron chi connectivity index (χ3n) is 5.92. The van der Waals surface area contributed by atoms with Crippen LogP contribution in [0.5, 0.6) is 5.75 Å². The van der Waals surface area contributed by atoms with E-state index >= 15 is 0 Å². The Bertz CT molecular complexity index is 973. The molecule has 1 aliphatic heterocycles. The molecule has 6 heteroatoms. The van der Waals surface area contributed by atoms with Crippen molar-refractivity contribution in [3.8, 4) is 5.75 Å². The fourth-order valence-corrected chi connectivity index (χ4v) is 4.40. The second-order valence-corrected chi connectivity index (χ2v) is 8.21. The van der Waals surface area contributed by atoms with E-state index in [4.69, 9.17) is 4.99 Å². The van der Waals surface area contributed by atoms with E-state index in [1.807, 2.05) is 31.2 Å². The van der Waals surface area contributed by atoms with Crippen LogP contribution in [-0.4, -0.2) is 39.7 Å². The largest absolute Gasteiger partial charge is 0.508 e. The predicted octanol–water partition coefficient (Wildman–Crippen LogP) is 4.02. The maximum Gasteiger partial charge on any atom is 0.275 e. The van der Waals surface area contributed by atoms with Gasteiger partial charge in [-0.2, -0.15) is 0 Å². The smallest absolute Gasteiger partial charge is 0.275 e. The number of rotatable bonds is 4. The third-order valence-corrected chi connectivity index (χ3v) is 5.92. The van der Waals surface area contributed by atoms with Crippen LogP contribution in [0.3, 0.4) is 0 Å². The molecule has 0 bridgehead atoms. The van der Waals surface area contributed by atoms with Crippen LogP contribution < -0.4 is 5.32 Å². The Morgan fingerprint density at radius 3 is 2.47 bits per heavy atom. The zero-order valence-corrected chi connectivity index (χ0v) is 17.2. The normalized spacial score (nSPS) is 18.2. The number of amides is 2. The van der Waals surface area contributed by atoms with Crippen molar-refractivity contribution in [1.29, 1.82) is 0 Å². The van der Waals surface area contributed by atoms with E-state index in [-0.39, 0.29) is 24.1 Å². The number of anilines is 1. The Kier molecular flexibility index (Phi) is 5.57. The fourth-order valence-electron chi connectivity index (χ4n) is 4.40. The van der Waals surface area contributed by atoms with Crippen LogP contribution in [0.25, 0.3) is 0 Å². The molecule has 0 aromatic heterocycles. The van der Waals surface area contributed by atoms with Crippen molar-refractivity contribution >= 4 is 23.2 Å². The van der Waals surface area contributed by atoms with Gasteiger partial charge in [-0.05, 0) is 74.6 Å². The summed E-state index contributed by atoms with van der Waals surface area (Å²) in [7, 11) is 0. The maximum absolute atomic E-state index is 13.4. The van der Waals surface area contributed by atoms with Gasteiger partial charge >= 0.3 is 0 Å². The van der Waals surface area contributed by atoms with Crippen molar-refractivity contribution in [2.45, 2.75) is 51.1 Å². The minimum absolute atomic E-state index is 0.0299. The molecule has 4 rings (SSSR count). The number of carbonyl (C=O) groups is 2. The van der Waals surface area contributed by atoms with Gasteiger partial charge < -0.3 is 15.3 Å². The highest BCUT2D eigenvalue weighted by Gasteiger charge is 2.47. The first-order valence-corrected chi connectivity index (χ1v) is 10.5. The lowest BCUT2D eigenvalue weighted by Gasteiger charge is -2.35. The second kappa shape index (κ2) is 8.30. The van der Waals surface area contributed by atoms with Gasteiger partial charge in [-0.25, -0.2) is 0 Å². The molecule has 0 saturated heterocycles. The molecule has 156 valence electrons. The first-order valence-electron chi connectivity index (χ1n) is 10.5. The molecule has 2 aliphatic rings. The van der Waals surface area contributed by atoms with Crippen LogP contribution in [0.15, 0.2) is 53.5 Å². The number of nitrogens with one attached hydrogen (secondary N) is 1. The molecule has 0 radical (unpaired) electrons. The summed E-state index contributed by atoms with van der Waals surface area (Å²) in [5.74, 6) is -0.301. The summed E-state index contributed by atoms with van der Waals surface area (Å²) in [6.07, 6.45) is 5.72. The van der Waals surface area contributed by atoms with Gasteiger partial charge in [-0.3, -0.25) is 14.6 Å². The van der Waals surface area contributed by atoms with Gasteiger partial charge in [-0.15, -0.1) is 0 Å². The van der Waals surface area contributed by atoms with Gasteiger partial charge in [0.15, 0.2) is 0 Å². The molecule has 1 aliphatic carbocycles. The van der Waals surface area contributed by atoms with Crippen molar-refractivity contribution in [3.05, 3.63) is 59.7 Å². The molecule has 1 fully saturated rings. The van der Waals surface area contributed by atoms with E-state index in [1.165, 1.54) is 0 Å². The number of phenolic OH excluding ortho intramolecular Hbond substituents is 1. The molecule has 30 heavy (non-hydrogen) atoms. The molecule has 2 N–H and O–H groups in total. The Morgan fingerprint density at radius 1 is 1.10 bits per heavy atom. The summed E-state index contributed by atoms with van der Waals surface area (Å²) in [6, 6.07) is 14.1. The van der Waals surface area contributed by atoms with Gasteiger partial charge in [0.1, 0.15) is 23.7 Å². The van der Waals surface area contributed by atoms with Crippen LogP contribution >= 0.6 is 0 Å². The summed E-state index contributed by atoms with van der Waals surface area (Å²) in [4.78, 5) is 32.8. The quantitative estimate of drug-likeness (QED) is 0.806. The van der Waals surface area contributed by atoms with Crippen molar-refractivity contribution in [2.24, 2.45) is 4.99 Å². The topological polar surface area (TPSA) is 82.0 Å². The number of benzene rings is 2. The van der Waals surface area contributed by atoms with E-state index in [9.17, 15) is 14.7 Å². The van der Waals surface area contributed by atoms with Crippen LogP contribution in [0, 0.1) is 6.92 Å². The highest BCUT2D eigenvalue weighted by molar-refractivity contribution is 6.47. The first-order chi connectivity index (χ1) is 14.5. The van der Waals surface area contributed by atoms with Gasteiger partial charge in [-0.1, -0.05) is 25.0 Å². The van der Waals surface area contributed by atoms with Crippen LogP contribution in [-0.2, 0) is 9.59 Å². The second-order valence-electron chi connectivity index (χ2n) is 8.21. The average molecular weight is 405 g/mol. The van der Waals surface area contributed by atoms with Crippen molar-refractivity contribution in [1.82, 2.24) is 4.90 Å². The molecule has 1 heterocycles. The Balaban J connectivity index is 1.60. The molecular formula is C24H27N3O3. The zero-order valence-electron chi connectivity index (χ0n) is 17.2. The highest BCUT2D eigenvalue weighted by atomic mass is 16.3. The lowest BCUT2D eigenvalue weighted by Crippen LogP contribution is -2.50. The number of hydrogen-bond donors (Lipinski definition) is 2. The summed E-state index contributed by atoms with van der Waals surface area (Å²) in [5, 5.41) is 12.5. The van der Waals surface area contributed by atoms with Gasteiger partial charge in [0.2, 0.25) is 5.91 Å². The summed E-state index contributed by atoms with van der Waals surface area (Å²) in [6.45, 7) is 1.94. The summed E-state index contributed by atoms with van der Waals surface area (Å²) in [5.41, 5.74) is 2.16.